The molecule has 126 valence electrons. The van der Waals surface area contributed by atoms with Crippen LogP contribution in [0, 0.1) is 0 Å². The monoisotopic (exact) mass is 318 g/mol. The predicted octanol–water partition coefficient (Wildman–Crippen LogP) is 2.45. The van der Waals surface area contributed by atoms with Crippen LogP contribution in [0.2, 0.25) is 0 Å². The van der Waals surface area contributed by atoms with Crippen molar-refractivity contribution in [2.75, 3.05) is 26.8 Å². The summed E-state index contributed by atoms with van der Waals surface area (Å²) in [4.78, 5) is 14.3. The van der Waals surface area contributed by atoms with Gasteiger partial charge in [-0.1, -0.05) is 18.2 Å². The number of nitrogens with two attached hydrogens (primary N) is 1. The molecular weight excluding hydrogens is 292 g/mol. The largest absolute Gasteiger partial charge is 0.493 e. The van der Waals surface area contributed by atoms with Crippen LogP contribution < -0.4 is 15.2 Å². The third-order valence-electron chi connectivity index (χ3n) is 4.12. The van der Waals surface area contributed by atoms with Crippen LogP contribution in [0.4, 0.5) is 0 Å². The molecule has 2 rings (SSSR count). The highest BCUT2D eigenvalue weighted by atomic mass is 16.5. The van der Waals surface area contributed by atoms with E-state index in [4.69, 9.17) is 15.2 Å². The minimum absolute atomic E-state index is 0.00975. The normalized spacial score (nSPS) is 18.2. The van der Waals surface area contributed by atoms with Crippen molar-refractivity contribution in [2.45, 2.75) is 32.2 Å². The van der Waals surface area contributed by atoms with Gasteiger partial charge in [0.1, 0.15) is 0 Å². The van der Waals surface area contributed by atoms with Crippen molar-refractivity contribution in [3.05, 3.63) is 29.8 Å². The van der Waals surface area contributed by atoms with Crippen LogP contribution >= 0.6 is 0 Å². The van der Waals surface area contributed by atoms with Gasteiger partial charge in [0.2, 0.25) is 0 Å². The van der Waals surface area contributed by atoms with Crippen molar-refractivity contribution >= 4 is 12.0 Å². The Kier molecular flexibility index (Phi) is 6.47. The van der Waals surface area contributed by atoms with Crippen LogP contribution in [0.1, 0.15) is 31.7 Å². The summed E-state index contributed by atoms with van der Waals surface area (Å²) in [5.41, 5.74) is 6.80. The fourth-order valence-electron chi connectivity index (χ4n) is 2.90. The topological polar surface area (TPSA) is 64.8 Å². The van der Waals surface area contributed by atoms with Gasteiger partial charge < -0.3 is 20.1 Å². The van der Waals surface area contributed by atoms with Gasteiger partial charge in [0, 0.05) is 19.1 Å². The number of nitrogens with zero attached hydrogens (tertiary/aromatic N) is 1. The second-order valence-electron chi connectivity index (χ2n) is 5.67. The zero-order chi connectivity index (χ0) is 16.7. The lowest BCUT2D eigenvalue weighted by Crippen LogP contribution is -2.49. The molecule has 0 saturated carbocycles. The Morgan fingerprint density at radius 2 is 2.22 bits per heavy atom. The SMILES string of the molecule is C/C=C/c1ccc(OCC(=O)N2CCCCC2CN)c(OC)c1. The molecular formula is C18H26N2O3. The van der Waals surface area contributed by atoms with Crippen molar-refractivity contribution in [3.8, 4) is 11.5 Å². The van der Waals surface area contributed by atoms with Crippen molar-refractivity contribution in [3.63, 3.8) is 0 Å². The maximum Gasteiger partial charge on any atom is 0.260 e. The van der Waals surface area contributed by atoms with Crippen LogP contribution in [-0.4, -0.2) is 43.7 Å². The summed E-state index contributed by atoms with van der Waals surface area (Å²) in [5.74, 6) is 1.19. The summed E-state index contributed by atoms with van der Waals surface area (Å²) >= 11 is 0. The van der Waals surface area contributed by atoms with Gasteiger partial charge >= 0.3 is 0 Å². The predicted molar refractivity (Wildman–Crippen MR) is 91.6 cm³/mol. The second kappa shape index (κ2) is 8.58. The van der Waals surface area contributed by atoms with Gasteiger partial charge in [0.25, 0.3) is 5.91 Å². The Bertz CT molecular complexity index is 557. The van der Waals surface area contributed by atoms with Gasteiger partial charge in [0.05, 0.1) is 7.11 Å². The van der Waals surface area contributed by atoms with Crippen LogP contribution in [0.15, 0.2) is 24.3 Å². The van der Waals surface area contributed by atoms with Crippen molar-refractivity contribution < 1.29 is 14.3 Å². The number of amides is 1. The number of hydrogen-bond acceptors (Lipinski definition) is 4. The van der Waals surface area contributed by atoms with Crippen LogP contribution in [-0.2, 0) is 4.79 Å². The molecule has 1 fully saturated rings. The second-order valence-corrected chi connectivity index (χ2v) is 5.67. The van der Waals surface area contributed by atoms with Gasteiger partial charge in [-0.2, -0.15) is 0 Å². The number of carbonyl (C=O) groups is 1. The van der Waals surface area contributed by atoms with E-state index >= 15 is 0 Å². The lowest BCUT2D eigenvalue weighted by Gasteiger charge is -2.35. The molecule has 1 aromatic carbocycles. The molecule has 1 atom stereocenters. The number of carbonyl (C=O) groups excluding carboxylic acids is 1. The van der Waals surface area contributed by atoms with Crippen molar-refractivity contribution in [1.82, 2.24) is 4.90 Å². The van der Waals surface area contributed by atoms with Gasteiger partial charge in [-0.05, 0) is 43.9 Å². The first kappa shape index (κ1) is 17.3. The van der Waals surface area contributed by atoms with E-state index in [2.05, 4.69) is 0 Å². The van der Waals surface area contributed by atoms with E-state index in [1.54, 1.807) is 7.11 Å². The molecule has 2 N–H and O–H groups in total. The highest BCUT2D eigenvalue weighted by Gasteiger charge is 2.25. The molecule has 5 nitrogen and oxygen atoms in total. The van der Waals surface area contributed by atoms with Gasteiger partial charge in [-0.25, -0.2) is 0 Å². The lowest BCUT2D eigenvalue weighted by molar-refractivity contribution is -0.136. The molecule has 1 aliphatic rings. The average molecular weight is 318 g/mol. The number of methoxy groups -OCH3 is 1. The first-order chi connectivity index (χ1) is 11.2. The molecule has 1 amide bonds. The van der Waals surface area contributed by atoms with E-state index in [1.165, 1.54) is 0 Å². The maximum atomic E-state index is 12.4. The number of piperidine rings is 1. The van der Waals surface area contributed by atoms with Crippen LogP contribution in [0.5, 0.6) is 11.5 Å². The molecule has 0 aromatic heterocycles. The van der Waals surface area contributed by atoms with Crippen LogP contribution in [0.3, 0.4) is 0 Å². The quantitative estimate of drug-likeness (QED) is 0.875. The molecule has 0 bridgehead atoms. The molecule has 1 saturated heterocycles. The molecule has 0 aliphatic carbocycles. The van der Waals surface area contributed by atoms with Gasteiger partial charge in [-0.15, -0.1) is 0 Å². The van der Waals surface area contributed by atoms with E-state index in [1.807, 2.05) is 42.2 Å². The first-order valence-electron chi connectivity index (χ1n) is 8.12. The third-order valence-corrected chi connectivity index (χ3v) is 4.12. The number of likely N-dealkylation sites (tertiary alicyclic amines) is 1. The van der Waals surface area contributed by atoms with E-state index in [0.29, 0.717) is 18.0 Å². The highest BCUT2D eigenvalue weighted by Crippen LogP contribution is 2.28. The Labute approximate surface area is 138 Å². The third kappa shape index (κ3) is 4.48. The zero-order valence-electron chi connectivity index (χ0n) is 14.0. The number of rotatable bonds is 6. The molecule has 0 radical (unpaired) electrons. The van der Waals surface area contributed by atoms with E-state index in [0.717, 1.165) is 31.4 Å². The van der Waals surface area contributed by atoms with Gasteiger partial charge in [-0.3, -0.25) is 4.79 Å². The first-order valence-corrected chi connectivity index (χ1v) is 8.12. The fourth-order valence-corrected chi connectivity index (χ4v) is 2.90. The molecule has 1 aliphatic heterocycles. The smallest absolute Gasteiger partial charge is 0.260 e. The lowest BCUT2D eigenvalue weighted by atomic mass is 10.0. The summed E-state index contributed by atoms with van der Waals surface area (Å²) in [6, 6.07) is 5.80. The fraction of sp³-hybridized carbons (Fsp3) is 0.500. The summed E-state index contributed by atoms with van der Waals surface area (Å²) in [6.07, 6.45) is 7.08. The Hall–Kier alpha value is -2.01. The number of benzene rings is 1. The molecule has 1 aromatic rings. The van der Waals surface area contributed by atoms with Crippen molar-refractivity contribution in [1.29, 1.82) is 0 Å². The highest BCUT2D eigenvalue weighted by molar-refractivity contribution is 5.78. The average Bonchev–Trinajstić information content (AvgIpc) is 2.60. The summed E-state index contributed by atoms with van der Waals surface area (Å²) in [5, 5.41) is 0. The van der Waals surface area contributed by atoms with E-state index < -0.39 is 0 Å². The summed E-state index contributed by atoms with van der Waals surface area (Å²) in [6.45, 7) is 3.24. The molecule has 0 spiro atoms. The van der Waals surface area contributed by atoms with Crippen molar-refractivity contribution in [2.24, 2.45) is 5.73 Å². The molecule has 1 unspecified atom stereocenters. The summed E-state index contributed by atoms with van der Waals surface area (Å²) < 4.78 is 11.0. The van der Waals surface area contributed by atoms with Gasteiger partial charge in [0.15, 0.2) is 18.1 Å². The zero-order valence-corrected chi connectivity index (χ0v) is 14.0. The Morgan fingerprint density at radius 1 is 1.39 bits per heavy atom. The minimum Gasteiger partial charge on any atom is -0.493 e. The van der Waals surface area contributed by atoms with E-state index in [9.17, 15) is 4.79 Å². The number of allylic oxidation sites excluding steroid dienone is 1. The molecule has 5 heteroatoms. The molecule has 1 heterocycles. The summed E-state index contributed by atoms with van der Waals surface area (Å²) in [7, 11) is 1.60. The minimum atomic E-state index is -0.0141. The maximum absolute atomic E-state index is 12.4. The Morgan fingerprint density at radius 3 is 2.91 bits per heavy atom. The molecule has 23 heavy (non-hydrogen) atoms. The standard InChI is InChI=1S/C18H26N2O3/c1-3-6-14-8-9-16(17(11-14)22-2)23-13-18(21)20-10-5-4-7-15(20)12-19/h3,6,8-9,11,15H,4-5,7,10,12-13,19H2,1-2H3/b6-3+. The van der Waals surface area contributed by atoms with E-state index in [-0.39, 0.29) is 18.6 Å². The Balaban J connectivity index is 2.00. The number of ether oxygens (including phenoxy) is 2. The van der Waals surface area contributed by atoms with Crippen LogP contribution in [0.25, 0.3) is 6.08 Å². The number of hydrogen-bond donors (Lipinski definition) is 1.